The van der Waals surface area contributed by atoms with Gasteiger partial charge in [0.2, 0.25) is 5.91 Å². The lowest BCUT2D eigenvalue weighted by molar-refractivity contribution is -0.384. The van der Waals surface area contributed by atoms with E-state index in [1.165, 1.54) is 42.5 Å². The summed E-state index contributed by atoms with van der Waals surface area (Å²) in [6.07, 6.45) is 3.58. The molecule has 0 saturated carbocycles. The van der Waals surface area contributed by atoms with Gasteiger partial charge in [0.1, 0.15) is 11.5 Å². The van der Waals surface area contributed by atoms with E-state index in [-0.39, 0.29) is 21.8 Å². The topological polar surface area (TPSA) is 110 Å². The lowest BCUT2D eigenvalue weighted by atomic mass is 9.62. The van der Waals surface area contributed by atoms with E-state index < -0.39 is 45.8 Å². The Bertz CT molecular complexity index is 1920. The molecule has 0 aromatic heterocycles. The van der Waals surface area contributed by atoms with Crippen LogP contribution in [0.25, 0.3) is 6.08 Å². The fourth-order valence-corrected chi connectivity index (χ4v) is 7.47. The predicted octanol–water partition coefficient (Wildman–Crippen LogP) is 6.88. The highest BCUT2D eigenvalue weighted by atomic mass is 35.5. The van der Waals surface area contributed by atoms with Crippen molar-refractivity contribution in [2.24, 2.45) is 5.92 Å². The summed E-state index contributed by atoms with van der Waals surface area (Å²) < 4.78 is 0. The van der Waals surface area contributed by atoms with Gasteiger partial charge in [-0.25, -0.2) is 0 Å². The average molecular weight is 610 g/mol. The van der Waals surface area contributed by atoms with Crippen molar-refractivity contribution in [3.8, 4) is 0 Å². The maximum atomic E-state index is 14.9. The van der Waals surface area contributed by atoms with Crippen LogP contribution < -0.4 is 5.32 Å². The number of fused-ring (bicyclic) bond motifs is 6. The third-order valence-electron chi connectivity index (χ3n) is 8.66. The van der Waals surface area contributed by atoms with Crippen molar-refractivity contribution in [3.63, 3.8) is 0 Å². The second kappa shape index (κ2) is 9.90. The summed E-state index contributed by atoms with van der Waals surface area (Å²) in [6.45, 7) is 0. The van der Waals surface area contributed by atoms with Crippen LogP contribution in [0.3, 0.4) is 0 Å². The van der Waals surface area contributed by atoms with Crippen molar-refractivity contribution in [2.45, 2.75) is 17.5 Å². The number of non-ortho nitro benzene ring substituents is 1. The third kappa shape index (κ3) is 3.87. The van der Waals surface area contributed by atoms with Gasteiger partial charge in [-0.1, -0.05) is 77.8 Å². The van der Waals surface area contributed by atoms with Gasteiger partial charge in [0.25, 0.3) is 5.69 Å². The summed E-state index contributed by atoms with van der Waals surface area (Å²) in [5.74, 6) is -2.75. The molecule has 43 heavy (non-hydrogen) atoms. The number of para-hydroxylation sites is 1. The Balaban J connectivity index is 1.54. The summed E-state index contributed by atoms with van der Waals surface area (Å²) in [7, 11) is 0. The van der Waals surface area contributed by atoms with Crippen LogP contribution in [0, 0.1) is 16.0 Å². The Morgan fingerprint density at radius 3 is 2.47 bits per heavy atom. The average Bonchev–Trinajstić information content (AvgIpc) is 3.48. The van der Waals surface area contributed by atoms with Crippen LogP contribution >= 0.6 is 23.2 Å². The Morgan fingerprint density at radius 2 is 1.67 bits per heavy atom. The number of ketones is 2. The van der Waals surface area contributed by atoms with Crippen LogP contribution in [-0.4, -0.2) is 33.3 Å². The van der Waals surface area contributed by atoms with E-state index in [1.807, 2.05) is 30.3 Å². The van der Waals surface area contributed by atoms with Gasteiger partial charge >= 0.3 is 0 Å². The van der Waals surface area contributed by atoms with E-state index in [2.05, 4.69) is 5.32 Å². The molecule has 0 bridgehead atoms. The van der Waals surface area contributed by atoms with E-state index in [0.29, 0.717) is 16.3 Å². The summed E-state index contributed by atoms with van der Waals surface area (Å²) in [5.41, 5.74) is 1.09. The van der Waals surface area contributed by atoms with E-state index in [0.717, 1.165) is 11.1 Å². The molecule has 0 radical (unpaired) electrons. The van der Waals surface area contributed by atoms with Crippen LogP contribution in [0.4, 0.5) is 11.4 Å². The van der Waals surface area contributed by atoms with E-state index in [1.54, 1.807) is 35.4 Å². The number of amides is 1. The minimum atomic E-state index is -1.56. The molecule has 1 N–H and O–H groups in total. The number of nitrogens with one attached hydrogen (secondary N) is 1. The number of anilines is 1. The molecule has 8 nitrogen and oxygen atoms in total. The molecule has 4 unspecified atom stereocenters. The Labute approximate surface area is 255 Å². The molecule has 4 aromatic carbocycles. The molecular formula is C33H21Cl2N3O5. The molecule has 3 aliphatic heterocycles. The summed E-state index contributed by atoms with van der Waals surface area (Å²) >= 11 is 12.7. The number of carbonyl (C=O) groups excluding carboxylic acids is 3. The highest BCUT2D eigenvalue weighted by Gasteiger charge is 2.70. The molecule has 1 spiro atoms. The first-order valence-electron chi connectivity index (χ1n) is 13.5. The van der Waals surface area contributed by atoms with Crippen LogP contribution in [0.2, 0.25) is 10.0 Å². The zero-order chi connectivity index (χ0) is 30.0. The van der Waals surface area contributed by atoms with Gasteiger partial charge in [0.15, 0.2) is 11.6 Å². The number of nitro benzene ring substituents is 1. The molecule has 10 heteroatoms. The first kappa shape index (κ1) is 27.1. The fourth-order valence-electron chi connectivity index (χ4n) is 6.97. The molecule has 3 aliphatic rings. The first-order valence-corrected chi connectivity index (χ1v) is 14.2. The largest absolute Gasteiger partial charge is 0.358 e. The fraction of sp³-hybridized carbons (Fsp3) is 0.121. The second-order valence-corrected chi connectivity index (χ2v) is 11.6. The quantitative estimate of drug-likeness (QED) is 0.150. The molecule has 4 atom stereocenters. The summed E-state index contributed by atoms with van der Waals surface area (Å²) in [6, 6.07) is 22.6. The van der Waals surface area contributed by atoms with Gasteiger partial charge in [0.05, 0.1) is 21.9 Å². The predicted molar refractivity (Wildman–Crippen MR) is 162 cm³/mol. The van der Waals surface area contributed by atoms with Crippen molar-refractivity contribution in [3.05, 3.63) is 145 Å². The molecule has 0 aliphatic carbocycles. The first-order chi connectivity index (χ1) is 20.7. The number of hydrogen-bond acceptors (Lipinski definition) is 6. The van der Waals surface area contributed by atoms with Crippen LogP contribution in [0.5, 0.6) is 0 Å². The van der Waals surface area contributed by atoms with Gasteiger partial charge in [-0.2, -0.15) is 0 Å². The van der Waals surface area contributed by atoms with Gasteiger partial charge in [-0.3, -0.25) is 24.5 Å². The lowest BCUT2D eigenvalue weighted by Crippen LogP contribution is -2.49. The van der Waals surface area contributed by atoms with Crippen LogP contribution in [0.15, 0.2) is 97.2 Å². The number of nitrogens with zero attached hydrogens (tertiary/aromatic N) is 2. The number of nitro groups is 1. The van der Waals surface area contributed by atoms with Crippen molar-refractivity contribution in [1.82, 2.24) is 4.90 Å². The number of benzene rings is 4. The zero-order valence-electron chi connectivity index (χ0n) is 22.2. The maximum Gasteiger partial charge on any atom is 0.270 e. The van der Waals surface area contributed by atoms with E-state index in [4.69, 9.17) is 23.2 Å². The third-order valence-corrected chi connectivity index (χ3v) is 9.21. The Morgan fingerprint density at radius 1 is 0.907 bits per heavy atom. The van der Waals surface area contributed by atoms with Gasteiger partial charge in [-0.15, -0.1) is 0 Å². The summed E-state index contributed by atoms with van der Waals surface area (Å²) in [5, 5.41) is 15.0. The lowest BCUT2D eigenvalue weighted by Gasteiger charge is -2.38. The highest BCUT2D eigenvalue weighted by molar-refractivity contribution is 6.37. The van der Waals surface area contributed by atoms with Crippen molar-refractivity contribution in [2.75, 3.05) is 5.32 Å². The Hall–Kier alpha value is -4.79. The smallest absolute Gasteiger partial charge is 0.270 e. The molecule has 1 fully saturated rings. The van der Waals surface area contributed by atoms with Crippen LogP contribution in [-0.2, 0) is 10.2 Å². The van der Waals surface area contributed by atoms with Crippen molar-refractivity contribution >= 4 is 58.1 Å². The maximum absolute atomic E-state index is 14.9. The monoisotopic (exact) mass is 609 g/mol. The number of rotatable bonds is 5. The van der Waals surface area contributed by atoms with E-state index >= 15 is 0 Å². The van der Waals surface area contributed by atoms with Crippen molar-refractivity contribution < 1.29 is 19.3 Å². The number of halogens is 2. The minimum Gasteiger partial charge on any atom is -0.358 e. The molecular weight excluding hydrogens is 589 g/mol. The normalized spacial score (nSPS) is 23.0. The number of hydrogen-bond donors (Lipinski definition) is 1. The van der Waals surface area contributed by atoms with Gasteiger partial charge in [0, 0.05) is 40.2 Å². The molecule has 7 rings (SSSR count). The van der Waals surface area contributed by atoms with Crippen LogP contribution in [0.1, 0.15) is 43.4 Å². The molecule has 4 aromatic rings. The molecule has 212 valence electrons. The standard InChI is InChI=1S/C33H21Cl2N3O5/c34-20-12-13-23(25(35)17-20)30(40)27-28(29(39)19-7-5-8-21(16-19)38(42)43)37-15-14-18-6-1-2-9-22(18)31(37)33(27)24-10-3-4-11-26(24)36-32(33)41/h1-17,27-28,31H,(H,36,41). The molecule has 1 amide bonds. The van der Waals surface area contributed by atoms with Gasteiger partial charge < -0.3 is 10.2 Å². The zero-order valence-corrected chi connectivity index (χ0v) is 23.8. The Kier molecular flexibility index (Phi) is 6.23. The second-order valence-electron chi connectivity index (χ2n) is 10.7. The number of Topliss-reactive ketones (excluding diaryl/α,β-unsaturated/α-hetero) is 2. The molecule has 3 heterocycles. The van der Waals surface area contributed by atoms with Crippen molar-refractivity contribution in [1.29, 1.82) is 0 Å². The number of carbonyl (C=O) groups is 3. The SMILES string of the molecule is O=C(c1cccc([N+](=O)[O-])c1)C1C(C(=O)c2ccc(Cl)cc2Cl)C2(C(=O)Nc3ccccc32)C2c3ccccc3C=CN12. The van der Waals surface area contributed by atoms with Gasteiger partial charge in [-0.05, 0) is 47.0 Å². The summed E-state index contributed by atoms with van der Waals surface area (Å²) in [4.78, 5) is 56.7. The molecule has 1 saturated heterocycles. The van der Waals surface area contributed by atoms with E-state index in [9.17, 15) is 24.5 Å². The highest BCUT2D eigenvalue weighted by Crippen LogP contribution is 2.62. The minimum absolute atomic E-state index is 0.0500.